The summed E-state index contributed by atoms with van der Waals surface area (Å²) in [5.41, 5.74) is -1.77. The van der Waals surface area contributed by atoms with E-state index in [-0.39, 0.29) is 16.7 Å². The minimum Gasteiger partial charge on any atom is -0.502 e. The van der Waals surface area contributed by atoms with Crippen molar-refractivity contribution >= 4 is 5.69 Å². The molecule has 112 valence electrons. The van der Waals surface area contributed by atoms with Crippen molar-refractivity contribution in [3.05, 3.63) is 51.8 Å². The van der Waals surface area contributed by atoms with Gasteiger partial charge in [-0.25, -0.2) is 0 Å². The van der Waals surface area contributed by atoms with Crippen LogP contribution in [0.5, 0.6) is 5.75 Å². The number of phenols is 1. The van der Waals surface area contributed by atoms with E-state index in [1.807, 2.05) is 0 Å². The SMILES string of the molecule is N#Cc1cc([N+](=O)[O-])c(O)cc1-c1ccc(C(F)(F)F)nc1. The zero-order valence-corrected chi connectivity index (χ0v) is 10.6. The molecule has 9 heteroatoms. The highest BCUT2D eigenvalue weighted by Crippen LogP contribution is 2.35. The van der Waals surface area contributed by atoms with Crippen LogP contribution in [0.2, 0.25) is 0 Å². The number of benzene rings is 1. The summed E-state index contributed by atoms with van der Waals surface area (Å²) in [5.74, 6) is -0.695. The van der Waals surface area contributed by atoms with Gasteiger partial charge in [-0.2, -0.15) is 18.4 Å². The van der Waals surface area contributed by atoms with Gasteiger partial charge >= 0.3 is 11.9 Å². The van der Waals surface area contributed by atoms with Crippen LogP contribution in [0.15, 0.2) is 30.5 Å². The third-order valence-electron chi connectivity index (χ3n) is 2.80. The Morgan fingerprint density at radius 2 is 2.00 bits per heavy atom. The van der Waals surface area contributed by atoms with Crippen LogP contribution in [0.4, 0.5) is 18.9 Å². The van der Waals surface area contributed by atoms with Gasteiger partial charge in [-0.05, 0) is 12.1 Å². The molecule has 1 aromatic heterocycles. The van der Waals surface area contributed by atoms with Gasteiger partial charge in [0.25, 0.3) is 0 Å². The van der Waals surface area contributed by atoms with Crippen molar-refractivity contribution < 1.29 is 23.2 Å². The summed E-state index contributed by atoms with van der Waals surface area (Å²) < 4.78 is 37.3. The van der Waals surface area contributed by atoms with Crippen molar-refractivity contribution in [3.63, 3.8) is 0 Å². The second-order valence-electron chi connectivity index (χ2n) is 4.19. The van der Waals surface area contributed by atoms with Crippen LogP contribution in [0.25, 0.3) is 11.1 Å². The third-order valence-corrected chi connectivity index (χ3v) is 2.80. The largest absolute Gasteiger partial charge is 0.502 e. The predicted molar refractivity (Wildman–Crippen MR) is 67.7 cm³/mol. The molecule has 2 rings (SSSR count). The van der Waals surface area contributed by atoms with E-state index in [9.17, 15) is 28.4 Å². The van der Waals surface area contributed by atoms with E-state index in [1.54, 1.807) is 6.07 Å². The molecule has 0 aliphatic carbocycles. The molecule has 0 radical (unpaired) electrons. The molecule has 1 heterocycles. The fourth-order valence-electron chi connectivity index (χ4n) is 1.78. The second kappa shape index (κ2) is 5.33. The molecule has 2 aromatic rings. The number of nitro groups is 1. The number of pyridine rings is 1. The van der Waals surface area contributed by atoms with E-state index in [0.29, 0.717) is 0 Å². The Morgan fingerprint density at radius 1 is 1.32 bits per heavy atom. The Bertz CT molecular complexity index is 780. The highest BCUT2D eigenvalue weighted by Gasteiger charge is 2.32. The second-order valence-corrected chi connectivity index (χ2v) is 4.19. The Balaban J connectivity index is 2.56. The molecule has 1 N–H and O–H groups in total. The van der Waals surface area contributed by atoms with Crippen LogP contribution < -0.4 is 0 Å². The first-order valence-electron chi connectivity index (χ1n) is 5.69. The Labute approximate surface area is 121 Å². The molecule has 0 saturated heterocycles. The van der Waals surface area contributed by atoms with Crippen molar-refractivity contribution in [2.75, 3.05) is 0 Å². The van der Waals surface area contributed by atoms with Gasteiger partial charge in [0.1, 0.15) is 11.8 Å². The lowest BCUT2D eigenvalue weighted by Gasteiger charge is -2.08. The highest BCUT2D eigenvalue weighted by molar-refractivity contribution is 5.74. The fourth-order valence-corrected chi connectivity index (χ4v) is 1.78. The van der Waals surface area contributed by atoms with Crippen molar-refractivity contribution in [3.8, 4) is 22.9 Å². The van der Waals surface area contributed by atoms with Gasteiger partial charge in [0.15, 0.2) is 5.75 Å². The van der Waals surface area contributed by atoms with Crippen LogP contribution in [0, 0.1) is 21.4 Å². The number of aromatic hydroxyl groups is 1. The quantitative estimate of drug-likeness (QED) is 0.678. The first-order chi connectivity index (χ1) is 10.2. The average Bonchev–Trinajstić information content (AvgIpc) is 2.46. The molecular formula is C13H6F3N3O3. The zero-order chi connectivity index (χ0) is 16.5. The molecule has 0 spiro atoms. The summed E-state index contributed by atoms with van der Waals surface area (Å²) in [4.78, 5) is 13.1. The minimum atomic E-state index is -4.60. The summed E-state index contributed by atoms with van der Waals surface area (Å²) in [6.07, 6.45) is -3.72. The van der Waals surface area contributed by atoms with Crippen LogP contribution in [0.3, 0.4) is 0 Å². The van der Waals surface area contributed by atoms with Crippen LogP contribution in [0.1, 0.15) is 11.3 Å². The van der Waals surface area contributed by atoms with Gasteiger partial charge in [0.05, 0.1) is 10.5 Å². The van der Waals surface area contributed by atoms with E-state index < -0.39 is 28.2 Å². The van der Waals surface area contributed by atoms with Gasteiger partial charge in [0.2, 0.25) is 0 Å². The topological polar surface area (TPSA) is 100 Å². The van der Waals surface area contributed by atoms with Gasteiger partial charge in [-0.3, -0.25) is 15.1 Å². The fraction of sp³-hybridized carbons (Fsp3) is 0.0769. The monoisotopic (exact) mass is 309 g/mol. The number of nitro benzene ring substituents is 1. The molecule has 22 heavy (non-hydrogen) atoms. The number of aromatic nitrogens is 1. The maximum absolute atomic E-state index is 12.4. The summed E-state index contributed by atoms with van der Waals surface area (Å²) in [6.45, 7) is 0. The summed E-state index contributed by atoms with van der Waals surface area (Å²) in [7, 11) is 0. The van der Waals surface area contributed by atoms with Crippen molar-refractivity contribution in [2.45, 2.75) is 6.18 Å². The Kier molecular flexibility index (Phi) is 3.69. The van der Waals surface area contributed by atoms with Gasteiger partial charge in [0, 0.05) is 23.4 Å². The van der Waals surface area contributed by atoms with Crippen LogP contribution >= 0.6 is 0 Å². The lowest BCUT2D eigenvalue weighted by molar-refractivity contribution is -0.385. The molecule has 0 saturated carbocycles. The highest BCUT2D eigenvalue weighted by atomic mass is 19.4. The Hall–Kier alpha value is -3.15. The molecule has 0 unspecified atom stereocenters. The van der Waals surface area contributed by atoms with Crippen molar-refractivity contribution in [2.24, 2.45) is 0 Å². The van der Waals surface area contributed by atoms with Crippen molar-refractivity contribution in [1.82, 2.24) is 4.98 Å². The van der Waals surface area contributed by atoms with Crippen LogP contribution in [-0.4, -0.2) is 15.0 Å². The summed E-state index contributed by atoms with van der Waals surface area (Å²) in [5, 5.41) is 29.3. The van der Waals surface area contributed by atoms with Gasteiger partial charge in [-0.1, -0.05) is 6.07 Å². The maximum atomic E-state index is 12.4. The molecule has 0 aliphatic heterocycles. The number of rotatable bonds is 2. The number of hydrogen-bond acceptors (Lipinski definition) is 5. The minimum absolute atomic E-state index is 0.0480. The van der Waals surface area contributed by atoms with Gasteiger partial charge < -0.3 is 5.11 Å². The lowest BCUT2D eigenvalue weighted by Crippen LogP contribution is -2.07. The number of halogens is 3. The van der Waals surface area contributed by atoms with Crippen LogP contribution in [-0.2, 0) is 6.18 Å². The standard InChI is InChI=1S/C13H6F3N3O3/c14-13(15,16)12-2-1-7(6-18-12)9-4-11(20)10(19(21)22)3-8(9)5-17/h1-4,6,20H. The van der Waals surface area contributed by atoms with Gasteiger partial charge in [-0.15, -0.1) is 0 Å². The lowest BCUT2D eigenvalue weighted by atomic mass is 10.0. The van der Waals surface area contributed by atoms with E-state index in [4.69, 9.17) is 5.26 Å². The third kappa shape index (κ3) is 2.80. The first-order valence-corrected chi connectivity index (χ1v) is 5.69. The van der Waals surface area contributed by atoms with Crippen molar-refractivity contribution in [1.29, 1.82) is 5.26 Å². The number of phenolic OH excluding ortho intramolecular Hbond substituents is 1. The molecule has 0 fully saturated rings. The number of nitriles is 1. The van der Waals surface area contributed by atoms with E-state index in [0.717, 1.165) is 30.5 Å². The molecule has 0 amide bonds. The predicted octanol–water partition coefficient (Wildman–Crippen LogP) is 3.25. The number of hydrogen-bond donors (Lipinski definition) is 1. The van der Waals surface area contributed by atoms with E-state index in [1.165, 1.54) is 0 Å². The molecular weight excluding hydrogens is 303 g/mol. The molecule has 0 atom stereocenters. The first kappa shape index (κ1) is 15.2. The summed E-state index contributed by atoms with van der Waals surface area (Å²) >= 11 is 0. The smallest absolute Gasteiger partial charge is 0.433 e. The average molecular weight is 309 g/mol. The molecule has 1 aromatic carbocycles. The normalized spacial score (nSPS) is 11.0. The van der Waals surface area contributed by atoms with E-state index in [2.05, 4.69) is 4.98 Å². The number of alkyl halides is 3. The zero-order valence-electron chi connectivity index (χ0n) is 10.6. The molecule has 6 nitrogen and oxygen atoms in total. The summed E-state index contributed by atoms with van der Waals surface area (Å²) in [6, 6.07) is 5.27. The molecule has 0 aliphatic rings. The Morgan fingerprint density at radius 3 is 2.45 bits per heavy atom. The maximum Gasteiger partial charge on any atom is 0.433 e. The molecule has 0 bridgehead atoms. The number of nitrogens with zero attached hydrogens (tertiary/aromatic N) is 3. The van der Waals surface area contributed by atoms with E-state index >= 15 is 0 Å².